The minimum atomic E-state index is 0.334. The fourth-order valence-corrected chi connectivity index (χ4v) is 2.28. The third-order valence-corrected chi connectivity index (χ3v) is 3.49. The standard InChI is InChI=1S/C13H24N4O2/c1-3-6-14-9-12-16-17-13(19-12)15-10(2)11-4-7-18-8-5-11/h10-11,14H,3-9H2,1-2H3,(H,15,17). The minimum absolute atomic E-state index is 0.334. The van der Waals surface area contributed by atoms with Crippen LogP contribution in [-0.2, 0) is 11.3 Å². The Morgan fingerprint density at radius 2 is 2.11 bits per heavy atom. The molecular weight excluding hydrogens is 244 g/mol. The predicted molar refractivity (Wildman–Crippen MR) is 72.9 cm³/mol. The van der Waals surface area contributed by atoms with Crippen molar-refractivity contribution in [3.05, 3.63) is 5.89 Å². The van der Waals surface area contributed by atoms with Gasteiger partial charge in [-0.15, -0.1) is 5.10 Å². The summed E-state index contributed by atoms with van der Waals surface area (Å²) in [5.74, 6) is 1.25. The Hall–Kier alpha value is -1.14. The van der Waals surface area contributed by atoms with Gasteiger partial charge in [0, 0.05) is 19.3 Å². The molecule has 19 heavy (non-hydrogen) atoms. The van der Waals surface area contributed by atoms with E-state index in [2.05, 4.69) is 34.7 Å². The van der Waals surface area contributed by atoms with Crippen molar-refractivity contribution < 1.29 is 9.15 Å². The van der Waals surface area contributed by atoms with Crippen LogP contribution in [0, 0.1) is 5.92 Å². The molecule has 0 spiro atoms. The first-order valence-corrected chi connectivity index (χ1v) is 7.17. The van der Waals surface area contributed by atoms with Crippen LogP contribution in [-0.4, -0.2) is 36.0 Å². The number of hydrogen-bond acceptors (Lipinski definition) is 6. The van der Waals surface area contributed by atoms with E-state index in [-0.39, 0.29) is 0 Å². The summed E-state index contributed by atoms with van der Waals surface area (Å²) in [4.78, 5) is 0. The molecule has 6 nitrogen and oxygen atoms in total. The molecule has 0 bridgehead atoms. The summed E-state index contributed by atoms with van der Waals surface area (Å²) in [7, 11) is 0. The zero-order chi connectivity index (χ0) is 13.5. The molecule has 6 heteroatoms. The maximum absolute atomic E-state index is 5.56. The van der Waals surface area contributed by atoms with Gasteiger partial charge >= 0.3 is 6.01 Å². The van der Waals surface area contributed by atoms with Gasteiger partial charge in [-0.25, -0.2) is 0 Å². The van der Waals surface area contributed by atoms with E-state index < -0.39 is 0 Å². The highest BCUT2D eigenvalue weighted by molar-refractivity contribution is 5.19. The zero-order valence-corrected chi connectivity index (χ0v) is 11.8. The van der Waals surface area contributed by atoms with Gasteiger partial charge in [-0.3, -0.25) is 0 Å². The van der Waals surface area contributed by atoms with E-state index in [1.807, 2.05) is 0 Å². The molecule has 1 aromatic rings. The molecule has 108 valence electrons. The monoisotopic (exact) mass is 268 g/mol. The number of rotatable bonds is 7. The number of aromatic nitrogens is 2. The third kappa shape index (κ3) is 4.47. The topological polar surface area (TPSA) is 72.2 Å². The van der Waals surface area contributed by atoms with Crippen molar-refractivity contribution in [2.24, 2.45) is 5.92 Å². The zero-order valence-electron chi connectivity index (χ0n) is 11.8. The van der Waals surface area contributed by atoms with Crippen LogP contribution >= 0.6 is 0 Å². The first-order valence-electron chi connectivity index (χ1n) is 7.17. The normalized spacial score (nSPS) is 18.4. The molecule has 1 saturated heterocycles. The number of nitrogens with one attached hydrogen (secondary N) is 2. The van der Waals surface area contributed by atoms with Crippen LogP contribution in [0.5, 0.6) is 0 Å². The van der Waals surface area contributed by atoms with Crippen molar-refractivity contribution in [1.29, 1.82) is 0 Å². The fraction of sp³-hybridized carbons (Fsp3) is 0.846. The number of nitrogens with zero attached hydrogens (tertiary/aromatic N) is 2. The summed E-state index contributed by atoms with van der Waals surface area (Å²) < 4.78 is 10.9. The Bertz CT molecular complexity index is 363. The van der Waals surface area contributed by atoms with E-state index in [9.17, 15) is 0 Å². The summed E-state index contributed by atoms with van der Waals surface area (Å²) in [6, 6.07) is 0.855. The molecule has 0 aromatic carbocycles. The van der Waals surface area contributed by atoms with Crippen molar-refractivity contribution in [2.45, 2.75) is 45.7 Å². The fourth-order valence-electron chi connectivity index (χ4n) is 2.28. The molecule has 0 amide bonds. The Morgan fingerprint density at radius 3 is 2.84 bits per heavy atom. The molecule has 2 N–H and O–H groups in total. The number of ether oxygens (including phenoxy) is 1. The predicted octanol–water partition coefficient (Wildman–Crippen LogP) is 1.80. The molecule has 2 rings (SSSR count). The summed E-state index contributed by atoms with van der Waals surface area (Å²) in [5.41, 5.74) is 0. The molecule has 1 atom stereocenters. The molecule has 0 radical (unpaired) electrons. The number of anilines is 1. The van der Waals surface area contributed by atoms with Crippen LogP contribution in [0.25, 0.3) is 0 Å². The van der Waals surface area contributed by atoms with Crippen LogP contribution in [0.3, 0.4) is 0 Å². The molecule has 1 aliphatic rings. The van der Waals surface area contributed by atoms with E-state index in [0.717, 1.165) is 39.0 Å². The van der Waals surface area contributed by atoms with E-state index >= 15 is 0 Å². The lowest BCUT2D eigenvalue weighted by atomic mass is 9.93. The lowest BCUT2D eigenvalue weighted by Gasteiger charge is -2.27. The molecule has 0 saturated carbocycles. The average molecular weight is 268 g/mol. The lowest BCUT2D eigenvalue weighted by molar-refractivity contribution is 0.0620. The van der Waals surface area contributed by atoms with Crippen LogP contribution in [0.15, 0.2) is 4.42 Å². The van der Waals surface area contributed by atoms with Gasteiger partial charge in [0.05, 0.1) is 6.54 Å². The Kier molecular flexibility index (Phi) is 5.60. The SMILES string of the molecule is CCCNCc1nnc(NC(C)C2CCOCC2)o1. The van der Waals surface area contributed by atoms with E-state index in [0.29, 0.717) is 30.4 Å². The summed E-state index contributed by atoms with van der Waals surface area (Å²) in [6.45, 7) is 7.59. The largest absolute Gasteiger partial charge is 0.407 e. The van der Waals surface area contributed by atoms with Gasteiger partial charge in [0.25, 0.3) is 0 Å². The van der Waals surface area contributed by atoms with Crippen molar-refractivity contribution in [3.63, 3.8) is 0 Å². The maximum Gasteiger partial charge on any atom is 0.315 e. The summed E-state index contributed by atoms with van der Waals surface area (Å²) >= 11 is 0. The highest BCUT2D eigenvalue weighted by atomic mass is 16.5. The Balaban J connectivity index is 1.78. The Morgan fingerprint density at radius 1 is 1.32 bits per heavy atom. The summed E-state index contributed by atoms with van der Waals surface area (Å²) in [6.07, 6.45) is 3.28. The average Bonchev–Trinajstić information content (AvgIpc) is 2.88. The van der Waals surface area contributed by atoms with Crippen molar-refractivity contribution in [1.82, 2.24) is 15.5 Å². The smallest absolute Gasteiger partial charge is 0.315 e. The van der Waals surface area contributed by atoms with Crippen molar-refractivity contribution in [2.75, 3.05) is 25.1 Å². The molecule has 1 aliphatic heterocycles. The highest BCUT2D eigenvalue weighted by Crippen LogP contribution is 2.21. The van der Waals surface area contributed by atoms with Gasteiger partial charge in [-0.2, -0.15) is 0 Å². The van der Waals surface area contributed by atoms with Gasteiger partial charge in [-0.1, -0.05) is 12.0 Å². The van der Waals surface area contributed by atoms with Gasteiger partial charge in [-0.05, 0) is 38.6 Å². The molecule has 1 fully saturated rings. The van der Waals surface area contributed by atoms with Gasteiger partial charge in [0.15, 0.2) is 0 Å². The Labute approximate surface area is 114 Å². The second-order valence-corrected chi connectivity index (χ2v) is 5.06. The van der Waals surface area contributed by atoms with E-state index in [1.165, 1.54) is 0 Å². The number of hydrogen-bond donors (Lipinski definition) is 2. The molecule has 2 heterocycles. The molecule has 1 unspecified atom stereocenters. The van der Waals surface area contributed by atoms with Crippen molar-refractivity contribution in [3.8, 4) is 0 Å². The quantitative estimate of drug-likeness (QED) is 0.735. The van der Waals surface area contributed by atoms with Crippen LogP contribution in [0.4, 0.5) is 6.01 Å². The highest BCUT2D eigenvalue weighted by Gasteiger charge is 2.21. The van der Waals surface area contributed by atoms with E-state index in [4.69, 9.17) is 9.15 Å². The molecular formula is C13H24N4O2. The first kappa shape index (κ1) is 14.3. The maximum atomic E-state index is 5.56. The van der Waals surface area contributed by atoms with E-state index in [1.54, 1.807) is 0 Å². The van der Waals surface area contributed by atoms with Crippen molar-refractivity contribution >= 4 is 6.01 Å². The van der Waals surface area contributed by atoms with Gasteiger partial charge < -0.3 is 19.8 Å². The van der Waals surface area contributed by atoms with Crippen LogP contribution in [0.2, 0.25) is 0 Å². The lowest BCUT2D eigenvalue weighted by Crippen LogP contribution is -2.31. The van der Waals surface area contributed by atoms with Crippen LogP contribution < -0.4 is 10.6 Å². The molecule has 1 aromatic heterocycles. The van der Waals surface area contributed by atoms with Gasteiger partial charge in [0.2, 0.25) is 5.89 Å². The minimum Gasteiger partial charge on any atom is -0.407 e. The van der Waals surface area contributed by atoms with Crippen LogP contribution in [0.1, 0.15) is 39.0 Å². The second-order valence-electron chi connectivity index (χ2n) is 5.06. The van der Waals surface area contributed by atoms with Gasteiger partial charge in [0.1, 0.15) is 0 Å². The first-order chi connectivity index (χ1) is 9.29. The molecule has 0 aliphatic carbocycles. The second kappa shape index (κ2) is 7.45. The third-order valence-electron chi connectivity index (χ3n) is 3.49. The summed E-state index contributed by atoms with van der Waals surface area (Å²) in [5, 5.41) is 14.6.